The van der Waals surface area contributed by atoms with Crippen LogP contribution in [0, 0.1) is 0 Å². The molecule has 122 valence electrons. The molecule has 0 aliphatic rings. The third-order valence-electron chi connectivity index (χ3n) is 3.43. The number of nitrogens with one attached hydrogen (secondary N) is 1. The third kappa shape index (κ3) is 3.15. The van der Waals surface area contributed by atoms with Crippen LogP contribution in [0.25, 0.3) is 5.69 Å². The van der Waals surface area contributed by atoms with Crippen LogP contribution in [0.15, 0.2) is 42.0 Å². The predicted molar refractivity (Wildman–Crippen MR) is 90.5 cm³/mol. The zero-order valence-electron chi connectivity index (χ0n) is 13.0. The Morgan fingerprint density at radius 2 is 1.96 bits per heavy atom. The number of aromatic nitrogens is 4. The van der Waals surface area contributed by atoms with Crippen molar-refractivity contribution in [2.75, 3.05) is 17.3 Å². The molecule has 0 saturated carbocycles. The maximum Gasteiger partial charge on any atom is 0.267 e. The molecule has 9 heteroatoms. The minimum atomic E-state index is -0.247. The van der Waals surface area contributed by atoms with Gasteiger partial charge in [-0.25, -0.2) is 0 Å². The number of nitrogens with zero attached hydrogens (tertiary/aromatic N) is 5. The lowest BCUT2D eigenvalue weighted by atomic mass is 10.2. The van der Waals surface area contributed by atoms with Gasteiger partial charge in [-0.15, -0.1) is 16.4 Å². The Labute approximate surface area is 141 Å². The molecule has 0 spiro atoms. The van der Waals surface area contributed by atoms with Crippen molar-refractivity contribution < 1.29 is 9.59 Å². The zero-order valence-corrected chi connectivity index (χ0v) is 13.8. The monoisotopic (exact) mass is 342 g/mol. The van der Waals surface area contributed by atoms with Crippen LogP contribution in [0.3, 0.4) is 0 Å². The first-order chi connectivity index (χ1) is 11.6. The van der Waals surface area contributed by atoms with Gasteiger partial charge in [-0.05, 0) is 46.1 Å². The van der Waals surface area contributed by atoms with Gasteiger partial charge in [0, 0.05) is 25.3 Å². The van der Waals surface area contributed by atoms with Gasteiger partial charge in [-0.1, -0.05) is 0 Å². The minimum Gasteiger partial charge on any atom is -0.321 e. The highest BCUT2D eigenvalue weighted by atomic mass is 32.1. The molecule has 0 aliphatic carbocycles. The summed E-state index contributed by atoms with van der Waals surface area (Å²) in [5.41, 5.74) is 2.01. The molecule has 0 aliphatic heterocycles. The molecular weight excluding hydrogens is 328 g/mol. The van der Waals surface area contributed by atoms with Crippen LogP contribution < -0.4 is 10.2 Å². The third-order valence-corrected chi connectivity index (χ3v) is 4.33. The van der Waals surface area contributed by atoms with Gasteiger partial charge in [0.05, 0.1) is 5.69 Å². The number of carbonyl (C=O) groups excluding carboxylic acids is 2. The van der Waals surface area contributed by atoms with Crippen LogP contribution in [-0.2, 0) is 4.79 Å². The van der Waals surface area contributed by atoms with Gasteiger partial charge in [-0.3, -0.25) is 9.59 Å². The molecule has 2 amide bonds. The summed E-state index contributed by atoms with van der Waals surface area (Å²) in [5, 5.41) is 15.6. The SMILES string of the molecule is CC(=O)N(C)c1ccc(NC(=O)c2sccc2-n2cnnn2)cc1. The maximum absolute atomic E-state index is 12.5. The van der Waals surface area contributed by atoms with Crippen LogP contribution in [0.5, 0.6) is 0 Å². The van der Waals surface area contributed by atoms with Crippen molar-refractivity contribution >= 4 is 34.5 Å². The standard InChI is InChI=1S/C15H14N6O2S/c1-10(22)20(2)12-5-3-11(4-6-12)17-15(23)14-13(7-8-24-14)21-9-16-18-19-21/h3-9H,1-2H3,(H,17,23). The molecule has 1 N–H and O–H groups in total. The molecule has 0 atom stereocenters. The summed E-state index contributed by atoms with van der Waals surface area (Å²) in [6, 6.07) is 8.82. The van der Waals surface area contributed by atoms with Crippen LogP contribution in [0.2, 0.25) is 0 Å². The van der Waals surface area contributed by atoms with E-state index in [1.165, 1.54) is 34.2 Å². The molecule has 1 aromatic carbocycles. The summed E-state index contributed by atoms with van der Waals surface area (Å²) in [6.07, 6.45) is 1.44. The van der Waals surface area contributed by atoms with E-state index in [-0.39, 0.29) is 11.8 Å². The quantitative estimate of drug-likeness (QED) is 0.782. The lowest BCUT2D eigenvalue weighted by Crippen LogP contribution is -2.22. The molecule has 3 aromatic rings. The molecule has 0 fully saturated rings. The summed E-state index contributed by atoms with van der Waals surface area (Å²) >= 11 is 1.31. The molecule has 0 saturated heterocycles. The predicted octanol–water partition coefficient (Wildman–Crippen LogP) is 1.96. The smallest absolute Gasteiger partial charge is 0.267 e. The van der Waals surface area contributed by atoms with Gasteiger partial charge in [0.1, 0.15) is 11.2 Å². The average Bonchev–Trinajstić information content (AvgIpc) is 3.25. The summed E-state index contributed by atoms with van der Waals surface area (Å²) in [6.45, 7) is 1.49. The Bertz CT molecular complexity index is 856. The maximum atomic E-state index is 12.5. The Morgan fingerprint density at radius 1 is 1.21 bits per heavy atom. The Kier molecular flexibility index (Phi) is 4.34. The van der Waals surface area contributed by atoms with Crippen molar-refractivity contribution in [2.45, 2.75) is 6.92 Å². The normalized spacial score (nSPS) is 10.4. The van der Waals surface area contributed by atoms with Crippen molar-refractivity contribution in [3.05, 3.63) is 46.9 Å². The van der Waals surface area contributed by atoms with E-state index >= 15 is 0 Å². The number of hydrogen-bond acceptors (Lipinski definition) is 6. The topological polar surface area (TPSA) is 93.0 Å². The summed E-state index contributed by atoms with van der Waals surface area (Å²) in [7, 11) is 1.69. The first-order valence-corrected chi connectivity index (χ1v) is 7.91. The molecule has 2 aromatic heterocycles. The van der Waals surface area contributed by atoms with Crippen molar-refractivity contribution in [2.24, 2.45) is 0 Å². The fourth-order valence-electron chi connectivity index (χ4n) is 2.06. The Morgan fingerprint density at radius 3 is 2.58 bits per heavy atom. The van der Waals surface area contributed by atoms with Crippen LogP contribution in [0.1, 0.15) is 16.6 Å². The molecule has 8 nitrogen and oxygen atoms in total. The van der Waals surface area contributed by atoms with E-state index in [9.17, 15) is 9.59 Å². The number of hydrogen-bond donors (Lipinski definition) is 1. The lowest BCUT2D eigenvalue weighted by Gasteiger charge is -2.15. The van der Waals surface area contributed by atoms with Crippen molar-refractivity contribution in [3.63, 3.8) is 0 Å². The van der Waals surface area contributed by atoms with Gasteiger partial charge in [0.2, 0.25) is 5.91 Å². The fraction of sp³-hybridized carbons (Fsp3) is 0.133. The zero-order chi connectivity index (χ0) is 17.1. The molecule has 0 bridgehead atoms. The van der Waals surface area contributed by atoms with E-state index in [2.05, 4.69) is 20.8 Å². The highest BCUT2D eigenvalue weighted by Crippen LogP contribution is 2.22. The second-order valence-electron chi connectivity index (χ2n) is 4.97. The molecular formula is C15H14N6O2S. The van der Waals surface area contributed by atoms with Crippen molar-refractivity contribution in [3.8, 4) is 5.69 Å². The van der Waals surface area contributed by atoms with Gasteiger partial charge >= 0.3 is 0 Å². The second-order valence-corrected chi connectivity index (χ2v) is 5.88. The molecule has 24 heavy (non-hydrogen) atoms. The highest BCUT2D eigenvalue weighted by Gasteiger charge is 2.16. The summed E-state index contributed by atoms with van der Waals surface area (Å²) < 4.78 is 1.44. The lowest BCUT2D eigenvalue weighted by molar-refractivity contribution is -0.116. The number of carbonyl (C=O) groups is 2. The largest absolute Gasteiger partial charge is 0.321 e. The summed E-state index contributed by atoms with van der Waals surface area (Å²) in [5.74, 6) is -0.306. The number of tetrazole rings is 1. The van der Waals surface area contributed by atoms with E-state index < -0.39 is 0 Å². The van der Waals surface area contributed by atoms with E-state index in [1.54, 1.807) is 42.8 Å². The molecule has 2 heterocycles. The number of rotatable bonds is 4. The van der Waals surface area contributed by atoms with E-state index in [4.69, 9.17) is 0 Å². The first kappa shape index (κ1) is 15.8. The molecule has 0 radical (unpaired) electrons. The van der Waals surface area contributed by atoms with Gasteiger partial charge < -0.3 is 10.2 Å². The van der Waals surface area contributed by atoms with Gasteiger partial charge in [0.25, 0.3) is 5.91 Å². The van der Waals surface area contributed by atoms with Crippen molar-refractivity contribution in [1.82, 2.24) is 20.2 Å². The average molecular weight is 342 g/mol. The molecule has 0 unspecified atom stereocenters. The van der Waals surface area contributed by atoms with Crippen molar-refractivity contribution in [1.29, 1.82) is 0 Å². The minimum absolute atomic E-state index is 0.0588. The Balaban J connectivity index is 1.76. The second kappa shape index (κ2) is 6.59. The highest BCUT2D eigenvalue weighted by molar-refractivity contribution is 7.12. The number of thiophene rings is 1. The summed E-state index contributed by atoms with van der Waals surface area (Å²) in [4.78, 5) is 25.9. The van der Waals surface area contributed by atoms with E-state index in [1.807, 2.05) is 0 Å². The molecule has 3 rings (SSSR count). The van der Waals surface area contributed by atoms with E-state index in [0.29, 0.717) is 16.3 Å². The van der Waals surface area contributed by atoms with Crippen LogP contribution in [-0.4, -0.2) is 39.1 Å². The van der Waals surface area contributed by atoms with Gasteiger partial charge in [0.15, 0.2) is 0 Å². The number of anilines is 2. The fourth-order valence-corrected chi connectivity index (χ4v) is 2.84. The number of amides is 2. The van der Waals surface area contributed by atoms with E-state index in [0.717, 1.165) is 5.69 Å². The van der Waals surface area contributed by atoms with Crippen LogP contribution in [0.4, 0.5) is 11.4 Å². The first-order valence-electron chi connectivity index (χ1n) is 7.03. The van der Waals surface area contributed by atoms with Crippen LogP contribution >= 0.6 is 11.3 Å². The Hall–Kier alpha value is -3.07. The number of benzene rings is 1. The van der Waals surface area contributed by atoms with Gasteiger partial charge in [-0.2, -0.15) is 4.68 Å².